The summed E-state index contributed by atoms with van der Waals surface area (Å²) in [4.78, 5) is 10.6. The molecule has 0 aromatic carbocycles. The number of unbranched alkanes of at least 4 members (excludes halogenated alkanes) is 2. The van der Waals surface area contributed by atoms with E-state index in [-0.39, 0.29) is 12.1 Å². The van der Waals surface area contributed by atoms with E-state index in [1.54, 1.807) is 0 Å². The van der Waals surface area contributed by atoms with E-state index < -0.39 is 0 Å². The lowest BCUT2D eigenvalue weighted by Crippen LogP contribution is -2.14. The summed E-state index contributed by atoms with van der Waals surface area (Å²) in [5.41, 5.74) is 0. The average molecular weight is 172 g/mol. The summed E-state index contributed by atoms with van der Waals surface area (Å²) in [5.74, 6) is -0.154. The first-order valence-electron chi connectivity index (χ1n) is 4.87. The molecule has 0 unspecified atom stereocenters. The Hall–Kier alpha value is -0.530. The number of carbonyl (C=O) groups excluding carboxylic acids is 1. The first-order valence-corrected chi connectivity index (χ1v) is 4.87. The summed E-state index contributed by atoms with van der Waals surface area (Å²) < 4.78 is 5.11. The van der Waals surface area contributed by atoms with E-state index >= 15 is 0 Å². The van der Waals surface area contributed by atoms with Crippen LogP contribution in [0.2, 0.25) is 0 Å². The van der Waals surface area contributed by atoms with Crippen molar-refractivity contribution in [2.24, 2.45) is 0 Å². The Kier molecular flexibility index (Phi) is 6.82. The molecule has 0 aliphatic carbocycles. The van der Waals surface area contributed by atoms with Crippen LogP contribution in [-0.2, 0) is 9.53 Å². The topological polar surface area (TPSA) is 26.3 Å². The van der Waals surface area contributed by atoms with E-state index in [1.165, 1.54) is 26.2 Å². The summed E-state index contributed by atoms with van der Waals surface area (Å²) in [5, 5.41) is 0. The molecule has 0 rings (SSSR count). The molecule has 0 heterocycles. The zero-order chi connectivity index (χ0) is 9.40. The van der Waals surface area contributed by atoms with Crippen molar-refractivity contribution in [2.75, 3.05) is 0 Å². The molecule has 2 heteroatoms. The fourth-order valence-corrected chi connectivity index (χ4v) is 1.20. The summed E-state index contributed by atoms with van der Waals surface area (Å²) in [6.07, 6.45) is 5.72. The number of rotatable bonds is 6. The Morgan fingerprint density at radius 1 is 1.33 bits per heavy atom. The van der Waals surface area contributed by atoms with E-state index in [0.717, 1.165) is 12.8 Å². The van der Waals surface area contributed by atoms with Crippen LogP contribution in [-0.4, -0.2) is 12.1 Å². The van der Waals surface area contributed by atoms with Crippen LogP contribution < -0.4 is 0 Å². The minimum Gasteiger partial charge on any atom is -0.463 e. The maximum absolute atomic E-state index is 10.6. The molecule has 0 N–H and O–H groups in total. The van der Waals surface area contributed by atoms with Gasteiger partial charge in [0, 0.05) is 6.92 Å². The fourth-order valence-electron chi connectivity index (χ4n) is 1.20. The smallest absolute Gasteiger partial charge is 0.302 e. The molecule has 0 radical (unpaired) electrons. The molecule has 0 aromatic heterocycles. The predicted molar refractivity (Wildman–Crippen MR) is 50.0 cm³/mol. The van der Waals surface area contributed by atoms with Crippen molar-refractivity contribution in [1.29, 1.82) is 0 Å². The normalized spacial score (nSPS) is 12.6. The van der Waals surface area contributed by atoms with Gasteiger partial charge in [-0.25, -0.2) is 0 Å². The van der Waals surface area contributed by atoms with Gasteiger partial charge in [0.15, 0.2) is 0 Å². The second-order valence-corrected chi connectivity index (χ2v) is 3.14. The molecule has 2 nitrogen and oxygen atoms in total. The molecule has 0 saturated heterocycles. The molecule has 0 aliphatic heterocycles. The molecule has 0 spiro atoms. The van der Waals surface area contributed by atoms with Crippen LogP contribution in [0.3, 0.4) is 0 Å². The first kappa shape index (κ1) is 11.5. The number of esters is 1. The van der Waals surface area contributed by atoms with Crippen molar-refractivity contribution in [3.8, 4) is 0 Å². The molecular formula is C10H20O2. The van der Waals surface area contributed by atoms with E-state index in [1.807, 2.05) is 0 Å². The van der Waals surface area contributed by atoms with Crippen LogP contribution in [0.4, 0.5) is 0 Å². The Balaban J connectivity index is 3.46. The van der Waals surface area contributed by atoms with Crippen molar-refractivity contribution >= 4 is 5.97 Å². The second kappa shape index (κ2) is 7.14. The molecule has 0 bridgehead atoms. The second-order valence-electron chi connectivity index (χ2n) is 3.14. The molecule has 0 aliphatic rings. The van der Waals surface area contributed by atoms with Gasteiger partial charge in [-0.1, -0.05) is 26.7 Å². The SMILES string of the molecule is CCCCC[C@H](CC)OC(C)=O. The standard InChI is InChI=1S/C10H20O2/c1-4-6-7-8-10(5-2)12-9(3)11/h10H,4-8H2,1-3H3/t10-/m0/s1. The Morgan fingerprint density at radius 2 is 2.00 bits per heavy atom. The van der Waals surface area contributed by atoms with Gasteiger partial charge in [0.25, 0.3) is 0 Å². The van der Waals surface area contributed by atoms with E-state index in [2.05, 4.69) is 13.8 Å². The maximum atomic E-state index is 10.6. The van der Waals surface area contributed by atoms with Crippen LogP contribution in [0, 0.1) is 0 Å². The molecule has 0 fully saturated rings. The molecule has 0 amide bonds. The number of ether oxygens (including phenoxy) is 1. The quantitative estimate of drug-likeness (QED) is 0.455. The van der Waals surface area contributed by atoms with Gasteiger partial charge in [0.2, 0.25) is 0 Å². The van der Waals surface area contributed by atoms with Crippen molar-refractivity contribution in [1.82, 2.24) is 0 Å². The van der Waals surface area contributed by atoms with Gasteiger partial charge in [0.1, 0.15) is 6.10 Å². The number of carbonyl (C=O) groups is 1. The first-order chi connectivity index (χ1) is 5.70. The lowest BCUT2D eigenvalue weighted by Gasteiger charge is -2.14. The van der Waals surface area contributed by atoms with Gasteiger partial charge < -0.3 is 4.74 Å². The number of hydrogen-bond donors (Lipinski definition) is 0. The average Bonchev–Trinajstić information content (AvgIpc) is 2.02. The summed E-state index contributed by atoms with van der Waals surface area (Å²) in [6, 6.07) is 0. The van der Waals surface area contributed by atoms with Gasteiger partial charge in [-0.3, -0.25) is 4.79 Å². The molecule has 12 heavy (non-hydrogen) atoms. The van der Waals surface area contributed by atoms with Gasteiger partial charge in [-0.2, -0.15) is 0 Å². The molecule has 72 valence electrons. The summed E-state index contributed by atoms with van der Waals surface area (Å²) in [6.45, 7) is 5.70. The molecule has 1 atom stereocenters. The monoisotopic (exact) mass is 172 g/mol. The maximum Gasteiger partial charge on any atom is 0.302 e. The highest BCUT2D eigenvalue weighted by molar-refractivity contribution is 5.66. The fraction of sp³-hybridized carbons (Fsp3) is 0.900. The molecule has 0 saturated carbocycles. The summed E-state index contributed by atoms with van der Waals surface area (Å²) in [7, 11) is 0. The van der Waals surface area contributed by atoms with Crippen LogP contribution in [0.5, 0.6) is 0 Å². The van der Waals surface area contributed by atoms with E-state index in [4.69, 9.17) is 4.74 Å². The summed E-state index contributed by atoms with van der Waals surface area (Å²) >= 11 is 0. The van der Waals surface area contributed by atoms with Crippen LogP contribution >= 0.6 is 0 Å². The highest BCUT2D eigenvalue weighted by atomic mass is 16.5. The van der Waals surface area contributed by atoms with E-state index in [0.29, 0.717) is 0 Å². The van der Waals surface area contributed by atoms with Gasteiger partial charge in [-0.15, -0.1) is 0 Å². The Morgan fingerprint density at radius 3 is 2.42 bits per heavy atom. The predicted octanol–water partition coefficient (Wildman–Crippen LogP) is 2.91. The highest BCUT2D eigenvalue weighted by Gasteiger charge is 2.07. The van der Waals surface area contributed by atoms with Crippen LogP contribution in [0.1, 0.15) is 52.9 Å². The van der Waals surface area contributed by atoms with Gasteiger partial charge >= 0.3 is 5.97 Å². The van der Waals surface area contributed by atoms with Crippen LogP contribution in [0.25, 0.3) is 0 Å². The third kappa shape index (κ3) is 6.20. The van der Waals surface area contributed by atoms with Crippen molar-refractivity contribution < 1.29 is 9.53 Å². The number of hydrogen-bond acceptors (Lipinski definition) is 2. The zero-order valence-corrected chi connectivity index (χ0v) is 8.43. The lowest BCUT2D eigenvalue weighted by molar-refractivity contribution is -0.146. The van der Waals surface area contributed by atoms with E-state index in [9.17, 15) is 4.79 Å². The minimum atomic E-state index is -0.154. The Labute approximate surface area is 75.3 Å². The third-order valence-electron chi connectivity index (χ3n) is 1.92. The minimum absolute atomic E-state index is 0.147. The van der Waals surface area contributed by atoms with Gasteiger partial charge in [0.05, 0.1) is 0 Å². The van der Waals surface area contributed by atoms with Crippen molar-refractivity contribution in [3.63, 3.8) is 0 Å². The highest BCUT2D eigenvalue weighted by Crippen LogP contribution is 2.09. The van der Waals surface area contributed by atoms with Crippen LogP contribution in [0.15, 0.2) is 0 Å². The largest absolute Gasteiger partial charge is 0.463 e. The van der Waals surface area contributed by atoms with Crippen molar-refractivity contribution in [3.05, 3.63) is 0 Å². The molecular weight excluding hydrogens is 152 g/mol. The lowest BCUT2D eigenvalue weighted by atomic mass is 10.1. The van der Waals surface area contributed by atoms with Gasteiger partial charge in [-0.05, 0) is 19.3 Å². The molecule has 0 aromatic rings. The Bertz CT molecular complexity index is 121. The third-order valence-corrected chi connectivity index (χ3v) is 1.92. The zero-order valence-electron chi connectivity index (χ0n) is 8.43. The van der Waals surface area contributed by atoms with Crippen molar-refractivity contribution in [2.45, 2.75) is 59.0 Å².